The standard InChI is InChI=1S/C28H26N2O5/c31-26(30-15-14-19(16-30)27(32)33)25(18-8-2-1-3-9-18)29-28(34)35-17-24-22-12-6-4-10-20(22)21-11-5-7-13-23(21)24/h1-13,19,24-25H,14-17H2,(H,29,34)(H,32,33)/t19?,25-/m1/s1. The summed E-state index contributed by atoms with van der Waals surface area (Å²) >= 11 is 0. The van der Waals surface area contributed by atoms with E-state index in [0.29, 0.717) is 18.5 Å². The predicted molar refractivity (Wildman–Crippen MR) is 130 cm³/mol. The lowest BCUT2D eigenvalue weighted by Gasteiger charge is -2.25. The van der Waals surface area contributed by atoms with Crippen molar-refractivity contribution in [2.45, 2.75) is 18.4 Å². The Kier molecular flexibility index (Phi) is 6.23. The molecule has 1 saturated heterocycles. The molecule has 3 aromatic rings. The minimum atomic E-state index is -0.959. The number of benzene rings is 3. The number of fused-ring (bicyclic) bond motifs is 3. The van der Waals surface area contributed by atoms with Crippen molar-refractivity contribution in [2.75, 3.05) is 19.7 Å². The van der Waals surface area contributed by atoms with Crippen LogP contribution in [0.2, 0.25) is 0 Å². The molecule has 0 radical (unpaired) electrons. The van der Waals surface area contributed by atoms with Crippen molar-refractivity contribution in [3.63, 3.8) is 0 Å². The van der Waals surface area contributed by atoms with Crippen molar-refractivity contribution in [2.24, 2.45) is 5.92 Å². The number of carbonyl (C=O) groups is 3. The van der Waals surface area contributed by atoms with Crippen molar-refractivity contribution >= 4 is 18.0 Å². The monoisotopic (exact) mass is 470 g/mol. The van der Waals surface area contributed by atoms with Crippen LogP contribution in [-0.4, -0.2) is 47.7 Å². The van der Waals surface area contributed by atoms with Crippen molar-refractivity contribution in [1.29, 1.82) is 0 Å². The fraction of sp³-hybridized carbons (Fsp3) is 0.250. The number of carbonyl (C=O) groups excluding carboxylic acids is 2. The highest BCUT2D eigenvalue weighted by atomic mass is 16.5. The van der Waals surface area contributed by atoms with Crippen LogP contribution < -0.4 is 5.32 Å². The van der Waals surface area contributed by atoms with Crippen LogP contribution >= 0.6 is 0 Å². The smallest absolute Gasteiger partial charge is 0.408 e. The van der Waals surface area contributed by atoms with Crippen molar-refractivity contribution in [1.82, 2.24) is 10.2 Å². The van der Waals surface area contributed by atoms with E-state index in [2.05, 4.69) is 17.4 Å². The number of likely N-dealkylation sites (tertiary alicyclic amines) is 1. The van der Waals surface area contributed by atoms with Gasteiger partial charge in [-0.2, -0.15) is 0 Å². The second-order valence-electron chi connectivity index (χ2n) is 8.92. The van der Waals surface area contributed by atoms with Gasteiger partial charge in [0, 0.05) is 19.0 Å². The molecule has 5 rings (SSSR count). The molecule has 2 atom stereocenters. The molecule has 35 heavy (non-hydrogen) atoms. The second-order valence-corrected chi connectivity index (χ2v) is 8.92. The van der Waals surface area contributed by atoms with Crippen LogP contribution in [0.4, 0.5) is 4.79 Å². The molecule has 7 nitrogen and oxygen atoms in total. The number of nitrogens with one attached hydrogen (secondary N) is 1. The molecule has 1 heterocycles. The Labute approximate surface area is 203 Å². The van der Waals surface area contributed by atoms with E-state index in [1.807, 2.05) is 42.5 Å². The van der Waals surface area contributed by atoms with Crippen LogP contribution in [0.3, 0.4) is 0 Å². The number of alkyl carbamates (subject to hydrolysis) is 1. The minimum absolute atomic E-state index is 0.0890. The van der Waals surface area contributed by atoms with Crippen molar-refractivity contribution in [3.05, 3.63) is 95.6 Å². The molecule has 1 aliphatic heterocycles. The first-order valence-corrected chi connectivity index (χ1v) is 11.7. The van der Waals surface area contributed by atoms with Crippen LogP contribution in [0.15, 0.2) is 78.9 Å². The highest BCUT2D eigenvalue weighted by Gasteiger charge is 2.36. The van der Waals surface area contributed by atoms with E-state index in [9.17, 15) is 19.5 Å². The number of carboxylic acid groups (broad SMARTS) is 1. The van der Waals surface area contributed by atoms with Gasteiger partial charge in [0.1, 0.15) is 12.6 Å². The van der Waals surface area contributed by atoms with Crippen LogP contribution in [-0.2, 0) is 14.3 Å². The predicted octanol–water partition coefficient (Wildman–Crippen LogP) is 4.20. The second kappa shape index (κ2) is 9.62. The maximum Gasteiger partial charge on any atom is 0.408 e. The van der Waals surface area contributed by atoms with Gasteiger partial charge < -0.3 is 20.1 Å². The molecular weight excluding hydrogens is 444 g/mol. The third kappa shape index (κ3) is 4.49. The Morgan fingerprint density at radius 1 is 0.914 bits per heavy atom. The zero-order valence-electron chi connectivity index (χ0n) is 19.1. The maximum atomic E-state index is 13.3. The number of amides is 2. The molecule has 1 aliphatic carbocycles. The summed E-state index contributed by atoms with van der Waals surface area (Å²) in [7, 11) is 0. The lowest BCUT2D eigenvalue weighted by Crippen LogP contribution is -2.42. The minimum Gasteiger partial charge on any atom is -0.481 e. The fourth-order valence-electron chi connectivity index (χ4n) is 5.04. The summed E-state index contributed by atoms with van der Waals surface area (Å²) in [6.07, 6.45) is -0.295. The molecule has 2 N–H and O–H groups in total. The number of carboxylic acids is 1. The average molecular weight is 471 g/mol. The largest absolute Gasteiger partial charge is 0.481 e. The first-order valence-electron chi connectivity index (χ1n) is 11.7. The lowest BCUT2D eigenvalue weighted by molar-refractivity contribution is -0.141. The normalized spacial score (nSPS) is 17.4. The van der Waals surface area contributed by atoms with E-state index in [4.69, 9.17) is 4.74 Å². The summed E-state index contributed by atoms with van der Waals surface area (Å²) in [5.41, 5.74) is 5.10. The van der Waals surface area contributed by atoms with Gasteiger partial charge in [-0.3, -0.25) is 9.59 Å². The van der Waals surface area contributed by atoms with E-state index in [0.717, 1.165) is 22.3 Å². The Hall–Kier alpha value is -4.13. The molecule has 1 unspecified atom stereocenters. The molecule has 3 aromatic carbocycles. The van der Waals surface area contributed by atoms with Crippen LogP contribution in [0, 0.1) is 5.92 Å². The molecule has 2 amide bonds. The van der Waals surface area contributed by atoms with Gasteiger partial charge >= 0.3 is 12.1 Å². The van der Waals surface area contributed by atoms with Crippen LogP contribution in [0.1, 0.15) is 35.1 Å². The topological polar surface area (TPSA) is 95.9 Å². The summed E-state index contributed by atoms with van der Waals surface area (Å²) in [5, 5.41) is 12.0. The SMILES string of the molecule is O=C(N[C@@H](C(=O)N1CCC(C(=O)O)C1)c1ccccc1)OCC1c2ccccc2-c2ccccc21. The van der Waals surface area contributed by atoms with Crippen molar-refractivity contribution in [3.8, 4) is 11.1 Å². The summed E-state index contributed by atoms with van der Waals surface area (Å²) in [5.74, 6) is -1.94. The van der Waals surface area contributed by atoms with E-state index < -0.39 is 24.0 Å². The lowest BCUT2D eigenvalue weighted by atomic mass is 9.98. The maximum absolute atomic E-state index is 13.3. The van der Waals surface area contributed by atoms with Gasteiger partial charge in [-0.1, -0.05) is 78.9 Å². The summed E-state index contributed by atoms with van der Waals surface area (Å²) in [4.78, 5) is 39.0. The zero-order valence-corrected chi connectivity index (χ0v) is 19.1. The zero-order chi connectivity index (χ0) is 24.4. The molecule has 0 bridgehead atoms. The molecule has 0 spiro atoms. The third-order valence-corrected chi connectivity index (χ3v) is 6.83. The number of hydrogen-bond acceptors (Lipinski definition) is 4. The van der Waals surface area contributed by atoms with Gasteiger partial charge in [0.05, 0.1) is 5.92 Å². The van der Waals surface area contributed by atoms with Gasteiger partial charge in [0.25, 0.3) is 0 Å². The first-order chi connectivity index (χ1) is 17.0. The number of hydrogen-bond donors (Lipinski definition) is 2. The van der Waals surface area contributed by atoms with Crippen molar-refractivity contribution < 1.29 is 24.2 Å². The molecule has 1 fully saturated rings. The first kappa shape index (κ1) is 22.7. The average Bonchev–Trinajstić information content (AvgIpc) is 3.50. The third-order valence-electron chi connectivity index (χ3n) is 6.83. The molecule has 7 heteroatoms. The van der Waals surface area contributed by atoms with Gasteiger partial charge in [-0.25, -0.2) is 4.79 Å². The number of aliphatic carboxylic acids is 1. The molecular formula is C28H26N2O5. The van der Waals surface area contributed by atoms with Gasteiger partial charge in [0.2, 0.25) is 5.91 Å². The molecule has 0 saturated carbocycles. The van der Waals surface area contributed by atoms with E-state index in [-0.39, 0.29) is 25.0 Å². The van der Waals surface area contributed by atoms with E-state index in [1.165, 1.54) is 4.90 Å². The Morgan fingerprint density at radius 3 is 2.11 bits per heavy atom. The highest BCUT2D eigenvalue weighted by molar-refractivity contribution is 5.88. The number of ether oxygens (including phenoxy) is 1. The van der Waals surface area contributed by atoms with E-state index in [1.54, 1.807) is 24.3 Å². The summed E-state index contributed by atoms with van der Waals surface area (Å²) in [6.45, 7) is 0.607. The van der Waals surface area contributed by atoms with Crippen LogP contribution in [0.25, 0.3) is 11.1 Å². The molecule has 178 valence electrons. The summed E-state index contributed by atoms with van der Waals surface area (Å²) < 4.78 is 5.65. The fourth-order valence-corrected chi connectivity index (χ4v) is 5.04. The highest BCUT2D eigenvalue weighted by Crippen LogP contribution is 2.44. The van der Waals surface area contributed by atoms with Gasteiger partial charge in [-0.15, -0.1) is 0 Å². The molecule has 0 aromatic heterocycles. The number of rotatable bonds is 6. The van der Waals surface area contributed by atoms with Gasteiger partial charge in [0.15, 0.2) is 0 Å². The molecule has 2 aliphatic rings. The number of nitrogens with zero attached hydrogens (tertiary/aromatic N) is 1. The van der Waals surface area contributed by atoms with E-state index >= 15 is 0 Å². The quantitative estimate of drug-likeness (QED) is 0.563. The Balaban J connectivity index is 1.31. The summed E-state index contributed by atoms with van der Waals surface area (Å²) in [6, 6.07) is 24.1. The Bertz CT molecular complexity index is 1210. The van der Waals surface area contributed by atoms with Crippen LogP contribution in [0.5, 0.6) is 0 Å². The van der Waals surface area contributed by atoms with Gasteiger partial charge in [-0.05, 0) is 34.2 Å². The Morgan fingerprint density at radius 2 is 1.51 bits per heavy atom.